The molecule has 1 fully saturated rings. The number of halogens is 3. The number of rotatable bonds is 4. The highest BCUT2D eigenvalue weighted by Crippen LogP contribution is 2.31. The number of aliphatic hydroxyl groups excluding tert-OH is 1. The maximum atomic E-state index is 13.3. The number of carbonyl (C=O) groups excluding carboxylic acids is 1. The van der Waals surface area contributed by atoms with Gasteiger partial charge < -0.3 is 16.2 Å². The first kappa shape index (κ1) is 21.1. The van der Waals surface area contributed by atoms with Crippen molar-refractivity contribution in [1.82, 2.24) is 4.98 Å². The summed E-state index contributed by atoms with van der Waals surface area (Å²) in [4.78, 5) is 15.8. The number of anilines is 2. The summed E-state index contributed by atoms with van der Waals surface area (Å²) in [5, 5.41) is 11.0. The van der Waals surface area contributed by atoms with Crippen LogP contribution in [0.5, 0.6) is 0 Å². The van der Waals surface area contributed by atoms with Gasteiger partial charge in [0.15, 0.2) is 27.3 Å². The van der Waals surface area contributed by atoms with E-state index in [0.29, 0.717) is 25.0 Å². The van der Waals surface area contributed by atoms with Gasteiger partial charge in [0, 0.05) is 24.0 Å². The van der Waals surface area contributed by atoms with E-state index < -0.39 is 44.5 Å². The Kier molecular flexibility index (Phi) is 5.80. The second kappa shape index (κ2) is 7.99. The van der Waals surface area contributed by atoms with Crippen molar-refractivity contribution in [2.75, 3.05) is 11.1 Å². The molecule has 0 unspecified atom stereocenters. The predicted octanol–water partition coefficient (Wildman–Crippen LogP) is 2.41. The smallest absolute Gasteiger partial charge is 0.257 e. The highest BCUT2D eigenvalue weighted by Gasteiger charge is 2.33. The van der Waals surface area contributed by atoms with E-state index in [1.54, 1.807) is 0 Å². The number of hydrogen-bond acceptors (Lipinski definition) is 6. The first-order valence-electron chi connectivity index (χ1n) is 8.73. The lowest BCUT2D eigenvalue weighted by molar-refractivity contribution is 0.102. The minimum atomic E-state index is -3.91. The van der Waals surface area contributed by atoms with Crippen molar-refractivity contribution >= 4 is 27.2 Å². The number of nitrogens with zero attached hydrogens (tertiary/aromatic N) is 1. The second-order valence-corrected chi connectivity index (χ2v) is 8.99. The summed E-state index contributed by atoms with van der Waals surface area (Å²) in [6.45, 7) is 0. The second-order valence-electron chi connectivity index (χ2n) is 6.79. The van der Waals surface area contributed by atoms with Gasteiger partial charge >= 0.3 is 0 Å². The molecule has 0 aliphatic heterocycles. The van der Waals surface area contributed by atoms with Gasteiger partial charge in [-0.25, -0.2) is 26.6 Å². The van der Waals surface area contributed by atoms with Gasteiger partial charge in [0.1, 0.15) is 10.7 Å². The number of nitrogens with one attached hydrogen (secondary N) is 1. The maximum Gasteiger partial charge on any atom is 0.257 e. The van der Waals surface area contributed by atoms with Crippen LogP contribution in [0.2, 0.25) is 0 Å². The van der Waals surface area contributed by atoms with Crippen LogP contribution < -0.4 is 11.1 Å². The Morgan fingerprint density at radius 3 is 2.28 bits per heavy atom. The quantitative estimate of drug-likeness (QED) is 0.642. The molecule has 0 atom stereocenters. The minimum absolute atomic E-state index is 0.209. The summed E-state index contributed by atoms with van der Waals surface area (Å²) in [5.74, 6) is -5.84. The zero-order valence-corrected chi connectivity index (χ0v) is 15.8. The number of sulfone groups is 1. The number of nitrogen functional groups attached to an aromatic ring is 1. The fourth-order valence-electron chi connectivity index (χ4n) is 3.17. The van der Waals surface area contributed by atoms with Crippen molar-refractivity contribution in [2.45, 2.75) is 41.9 Å². The maximum absolute atomic E-state index is 13.3. The van der Waals surface area contributed by atoms with Crippen molar-refractivity contribution in [3.05, 3.63) is 47.4 Å². The standard InChI is InChI=1S/C18H18F3N3O4S/c19-13-6-10(7-14(20)16(13)21)24-18(26)9-5-15(17(22)23-8-9)29(27,28)12-3-1-11(25)2-4-12/h5-8,11-12,25H,1-4H2,(H2,22,23)(H,24,26). The van der Waals surface area contributed by atoms with E-state index in [1.807, 2.05) is 0 Å². The number of aromatic nitrogens is 1. The van der Waals surface area contributed by atoms with Crippen molar-refractivity contribution in [3.63, 3.8) is 0 Å². The number of nitrogens with two attached hydrogens (primary N) is 1. The van der Waals surface area contributed by atoms with E-state index in [4.69, 9.17) is 5.73 Å². The van der Waals surface area contributed by atoms with Crippen molar-refractivity contribution < 1.29 is 31.5 Å². The Morgan fingerprint density at radius 1 is 1.10 bits per heavy atom. The molecule has 1 aromatic heterocycles. The molecule has 1 heterocycles. The van der Waals surface area contributed by atoms with E-state index in [9.17, 15) is 31.5 Å². The van der Waals surface area contributed by atoms with Crippen LogP contribution in [-0.4, -0.2) is 35.8 Å². The summed E-state index contributed by atoms with van der Waals surface area (Å²) >= 11 is 0. The van der Waals surface area contributed by atoms with Crippen LogP contribution in [0.25, 0.3) is 0 Å². The van der Waals surface area contributed by atoms with Crippen LogP contribution in [0.4, 0.5) is 24.7 Å². The van der Waals surface area contributed by atoms with Gasteiger partial charge in [-0.05, 0) is 31.7 Å². The third-order valence-electron chi connectivity index (χ3n) is 4.77. The lowest BCUT2D eigenvalue weighted by Crippen LogP contribution is -2.30. The molecule has 0 saturated heterocycles. The molecule has 0 bridgehead atoms. The molecule has 1 amide bonds. The average Bonchev–Trinajstić information content (AvgIpc) is 2.66. The first-order chi connectivity index (χ1) is 13.6. The number of benzene rings is 1. The summed E-state index contributed by atoms with van der Waals surface area (Å²) in [6.07, 6.45) is 1.62. The largest absolute Gasteiger partial charge is 0.393 e. The van der Waals surface area contributed by atoms with E-state index in [-0.39, 0.29) is 34.8 Å². The predicted molar refractivity (Wildman–Crippen MR) is 98.4 cm³/mol. The number of pyridine rings is 1. The first-order valence-corrected chi connectivity index (χ1v) is 10.3. The normalized spacial score (nSPS) is 19.7. The van der Waals surface area contributed by atoms with E-state index in [2.05, 4.69) is 10.3 Å². The Balaban J connectivity index is 1.87. The zero-order valence-electron chi connectivity index (χ0n) is 15.0. The van der Waals surface area contributed by atoms with Crippen LogP contribution in [-0.2, 0) is 9.84 Å². The summed E-state index contributed by atoms with van der Waals surface area (Å²) in [7, 11) is -3.91. The lowest BCUT2D eigenvalue weighted by Gasteiger charge is -2.25. The Bertz CT molecular complexity index is 1030. The van der Waals surface area contributed by atoms with Crippen LogP contribution in [0.3, 0.4) is 0 Å². The van der Waals surface area contributed by atoms with E-state index in [0.717, 1.165) is 12.3 Å². The molecule has 0 radical (unpaired) electrons. The minimum Gasteiger partial charge on any atom is -0.393 e. The number of hydrogen-bond donors (Lipinski definition) is 3. The Morgan fingerprint density at radius 2 is 1.69 bits per heavy atom. The molecule has 3 rings (SSSR count). The van der Waals surface area contributed by atoms with Gasteiger partial charge in [0.25, 0.3) is 5.91 Å². The number of aliphatic hydroxyl groups is 1. The monoisotopic (exact) mass is 429 g/mol. The molecule has 29 heavy (non-hydrogen) atoms. The highest BCUT2D eigenvalue weighted by atomic mass is 32.2. The molecule has 4 N–H and O–H groups in total. The van der Waals surface area contributed by atoms with Gasteiger partial charge in [-0.3, -0.25) is 4.79 Å². The van der Waals surface area contributed by atoms with Crippen molar-refractivity contribution in [3.8, 4) is 0 Å². The zero-order chi connectivity index (χ0) is 21.3. The Hall–Kier alpha value is -2.66. The van der Waals surface area contributed by atoms with Gasteiger partial charge in [0.2, 0.25) is 0 Å². The SMILES string of the molecule is Nc1ncc(C(=O)Nc2cc(F)c(F)c(F)c2)cc1S(=O)(=O)C1CCC(O)CC1. The molecule has 1 aliphatic rings. The van der Waals surface area contributed by atoms with Gasteiger partial charge in [-0.2, -0.15) is 0 Å². The molecular weight excluding hydrogens is 411 g/mol. The molecule has 2 aromatic rings. The topological polar surface area (TPSA) is 122 Å². The summed E-state index contributed by atoms with van der Waals surface area (Å²) < 4.78 is 65.4. The molecule has 1 saturated carbocycles. The fraction of sp³-hybridized carbons (Fsp3) is 0.333. The third kappa shape index (κ3) is 4.35. The highest BCUT2D eigenvalue weighted by molar-refractivity contribution is 7.92. The average molecular weight is 429 g/mol. The lowest BCUT2D eigenvalue weighted by atomic mass is 9.97. The molecule has 0 spiro atoms. The molecule has 7 nitrogen and oxygen atoms in total. The third-order valence-corrected chi connectivity index (χ3v) is 7.06. The molecule has 1 aliphatic carbocycles. The van der Waals surface area contributed by atoms with Gasteiger partial charge in [0.05, 0.1) is 16.9 Å². The Labute approximate surface area is 164 Å². The van der Waals surface area contributed by atoms with Crippen LogP contribution in [0.15, 0.2) is 29.3 Å². The van der Waals surface area contributed by atoms with Crippen LogP contribution in [0.1, 0.15) is 36.0 Å². The van der Waals surface area contributed by atoms with Crippen molar-refractivity contribution in [2.24, 2.45) is 0 Å². The van der Waals surface area contributed by atoms with Crippen LogP contribution >= 0.6 is 0 Å². The van der Waals surface area contributed by atoms with Gasteiger partial charge in [-0.15, -0.1) is 0 Å². The molecule has 156 valence electrons. The molecular formula is C18H18F3N3O4S. The molecule has 11 heteroatoms. The van der Waals surface area contributed by atoms with Gasteiger partial charge in [-0.1, -0.05) is 0 Å². The van der Waals surface area contributed by atoms with E-state index in [1.165, 1.54) is 0 Å². The van der Waals surface area contributed by atoms with Crippen LogP contribution in [0, 0.1) is 17.5 Å². The number of amides is 1. The van der Waals surface area contributed by atoms with E-state index >= 15 is 0 Å². The van der Waals surface area contributed by atoms with Crippen molar-refractivity contribution in [1.29, 1.82) is 0 Å². The number of carbonyl (C=O) groups is 1. The summed E-state index contributed by atoms with van der Waals surface area (Å²) in [5.41, 5.74) is 5.14. The molecule has 1 aromatic carbocycles. The fourth-order valence-corrected chi connectivity index (χ4v) is 5.06. The summed E-state index contributed by atoms with van der Waals surface area (Å²) in [6, 6.07) is 2.21.